The minimum Gasteiger partial charge on any atom is -0.454 e. The van der Waals surface area contributed by atoms with Gasteiger partial charge in [-0.1, -0.05) is 12.1 Å². The maximum Gasteiger partial charge on any atom is 0.259 e. The highest BCUT2D eigenvalue weighted by Gasteiger charge is 2.31. The van der Waals surface area contributed by atoms with Crippen LogP contribution >= 0.6 is 0 Å². The second-order valence-corrected chi connectivity index (χ2v) is 8.97. The molecule has 0 unspecified atom stereocenters. The lowest BCUT2D eigenvalue weighted by molar-refractivity contribution is 0.102. The van der Waals surface area contributed by atoms with Gasteiger partial charge in [0.05, 0.1) is 16.9 Å². The Balaban J connectivity index is 1.92. The van der Waals surface area contributed by atoms with Crippen molar-refractivity contribution in [2.24, 2.45) is 0 Å². The number of para-hydroxylation sites is 2. The molecule has 0 bridgehead atoms. The van der Waals surface area contributed by atoms with E-state index in [1.165, 1.54) is 24.5 Å². The van der Waals surface area contributed by atoms with Gasteiger partial charge in [-0.15, -0.1) is 0 Å². The third-order valence-electron chi connectivity index (χ3n) is 4.87. The minimum atomic E-state index is -3.73. The van der Waals surface area contributed by atoms with Crippen molar-refractivity contribution in [2.45, 2.75) is 17.7 Å². The van der Waals surface area contributed by atoms with Gasteiger partial charge in [0, 0.05) is 33.3 Å². The van der Waals surface area contributed by atoms with E-state index in [2.05, 4.69) is 5.32 Å². The average Bonchev–Trinajstić information content (AvgIpc) is 3.12. The first kappa shape index (κ1) is 17.8. The third kappa shape index (κ3) is 3.04. The van der Waals surface area contributed by atoms with E-state index in [-0.39, 0.29) is 10.5 Å². The van der Waals surface area contributed by atoms with Gasteiger partial charge in [0.1, 0.15) is 10.6 Å². The molecule has 7 nitrogen and oxygen atoms in total. The summed E-state index contributed by atoms with van der Waals surface area (Å²) >= 11 is 0. The van der Waals surface area contributed by atoms with Gasteiger partial charge in [0.15, 0.2) is 5.75 Å². The molecule has 1 amide bonds. The van der Waals surface area contributed by atoms with E-state index in [0.29, 0.717) is 22.9 Å². The summed E-state index contributed by atoms with van der Waals surface area (Å²) in [7, 11) is -0.751. The molecule has 2 heterocycles. The van der Waals surface area contributed by atoms with Crippen molar-refractivity contribution in [2.75, 3.05) is 37.4 Å². The molecule has 2 aromatic rings. The van der Waals surface area contributed by atoms with Gasteiger partial charge in [-0.05, 0) is 31.0 Å². The smallest absolute Gasteiger partial charge is 0.259 e. The van der Waals surface area contributed by atoms with E-state index in [4.69, 9.17) is 4.74 Å². The van der Waals surface area contributed by atoms with E-state index in [1.807, 2.05) is 11.0 Å². The Kier molecular flexibility index (Phi) is 4.32. The molecule has 1 N–H and O–H groups in total. The van der Waals surface area contributed by atoms with Crippen LogP contribution in [-0.2, 0) is 10.0 Å². The lowest BCUT2D eigenvalue weighted by atomic mass is 10.1. The number of hydrogen-bond donors (Lipinski definition) is 1. The highest BCUT2D eigenvalue weighted by Crippen LogP contribution is 2.41. The summed E-state index contributed by atoms with van der Waals surface area (Å²) in [5.41, 5.74) is 1.33. The Labute approximate surface area is 158 Å². The van der Waals surface area contributed by atoms with Gasteiger partial charge < -0.3 is 15.0 Å². The van der Waals surface area contributed by atoms with Gasteiger partial charge in [-0.3, -0.25) is 4.79 Å². The normalized spacial score (nSPS) is 16.4. The van der Waals surface area contributed by atoms with Crippen LogP contribution in [0.2, 0.25) is 0 Å². The summed E-state index contributed by atoms with van der Waals surface area (Å²) in [6.07, 6.45) is 2.01. The van der Waals surface area contributed by atoms with E-state index in [9.17, 15) is 13.2 Å². The number of fused-ring (bicyclic) bond motifs is 2. The van der Waals surface area contributed by atoms with Crippen molar-refractivity contribution >= 4 is 27.3 Å². The number of hydrogen-bond acceptors (Lipinski definition) is 5. The molecule has 8 heteroatoms. The van der Waals surface area contributed by atoms with Gasteiger partial charge in [-0.2, -0.15) is 0 Å². The van der Waals surface area contributed by atoms with E-state index in [0.717, 1.165) is 25.9 Å². The number of benzene rings is 2. The molecule has 2 aliphatic rings. The Morgan fingerprint density at radius 3 is 2.48 bits per heavy atom. The summed E-state index contributed by atoms with van der Waals surface area (Å²) < 4.78 is 33.0. The van der Waals surface area contributed by atoms with E-state index in [1.54, 1.807) is 24.3 Å². The number of amides is 1. The number of carbonyl (C=O) groups is 1. The number of carbonyl (C=O) groups excluding carboxylic acids is 1. The molecule has 4 rings (SSSR count). The maximum atomic E-state index is 12.9. The monoisotopic (exact) mass is 387 g/mol. The molecular formula is C19H21N3O4S. The van der Waals surface area contributed by atoms with Crippen molar-refractivity contribution in [1.82, 2.24) is 4.31 Å². The van der Waals surface area contributed by atoms with Crippen LogP contribution in [-0.4, -0.2) is 45.8 Å². The lowest BCUT2D eigenvalue weighted by Gasteiger charge is -2.24. The maximum absolute atomic E-state index is 12.9. The van der Waals surface area contributed by atoms with Crippen LogP contribution in [0.25, 0.3) is 0 Å². The first-order valence-electron chi connectivity index (χ1n) is 8.81. The summed E-state index contributed by atoms with van der Waals surface area (Å²) in [5.74, 6) is 0.496. The number of ether oxygens (including phenoxy) is 1. The van der Waals surface area contributed by atoms with Gasteiger partial charge in [-0.25, -0.2) is 12.7 Å². The lowest BCUT2D eigenvalue weighted by Crippen LogP contribution is -2.27. The van der Waals surface area contributed by atoms with E-state index >= 15 is 0 Å². The van der Waals surface area contributed by atoms with Crippen LogP contribution in [0.15, 0.2) is 41.3 Å². The summed E-state index contributed by atoms with van der Waals surface area (Å²) in [6.45, 7) is 1.55. The van der Waals surface area contributed by atoms with Gasteiger partial charge >= 0.3 is 0 Å². The fraction of sp³-hybridized carbons (Fsp3) is 0.316. The fourth-order valence-corrected chi connectivity index (χ4v) is 4.50. The molecule has 0 aliphatic carbocycles. The standard InChI is InChI=1S/C19H21N3O4S/c1-21(2)27(24,25)18-11-13-17(12-15(18)22-9-5-6-10-22)26-16-8-4-3-7-14(16)20-19(13)23/h3-4,7-8,11-12H,5-6,9-10H2,1-2H3,(H,20,23). The summed E-state index contributed by atoms with van der Waals surface area (Å²) in [6, 6.07) is 10.2. The van der Waals surface area contributed by atoms with Crippen molar-refractivity contribution in [3.8, 4) is 11.5 Å². The molecule has 0 atom stereocenters. The van der Waals surface area contributed by atoms with Crippen LogP contribution in [0, 0.1) is 0 Å². The quantitative estimate of drug-likeness (QED) is 0.876. The predicted molar refractivity (Wildman–Crippen MR) is 103 cm³/mol. The number of rotatable bonds is 3. The molecule has 0 radical (unpaired) electrons. The van der Waals surface area contributed by atoms with Crippen LogP contribution in [0.1, 0.15) is 23.2 Å². The van der Waals surface area contributed by atoms with Crippen LogP contribution in [0.3, 0.4) is 0 Å². The molecule has 142 valence electrons. The largest absolute Gasteiger partial charge is 0.454 e. The highest BCUT2D eigenvalue weighted by atomic mass is 32.2. The predicted octanol–water partition coefficient (Wildman–Crippen LogP) is 2.90. The van der Waals surface area contributed by atoms with Crippen LogP contribution in [0.4, 0.5) is 11.4 Å². The Morgan fingerprint density at radius 1 is 1.07 bits per heavy atom. The molecule has 1 fully saturated rings. The first-order chi connectivity index (χ1) is 12.9. The molecule has 0 spiro atoms. The number of sulfonamides is 1. The number of nitrogens with one attached hydrogen (secondary N) is 1. The molecule has 2 aliphatic heterocycles. The SMILES string of the molecule is CN(C)S(=O)(=O)c1cc2c(cc1N1CCCC1)Oc1ccccc1NC2=O. The summed E-state index contributed by atoms with van der Waals surface area (Å²) in [4.78, 5) is 14.9. The zero-order chi connectivity index (χ0) is 19.2. The van der Waals surface area contributed by atoms with Gasteiger partial charge in [0.25, 0.3) is 5.91 Å². The Bertz CT molecular complexity index is 1010. The fourth-order valence-electron chi connectivity index (χ4n) is 3.39. The van der Waals surface area contributed by atoms with Crippen LogP contribution < -0.4 is 15.0 Å². The average molecular weight is 387 g/mol. The first-order valence-corrected chi connectivity index (χ1v) is 10.3. The number of anilines is 2. The Morgan fingerprint density at radius 2 is 1.78 bits per heavy atom. The Hall–Kier alpha value is -2.58. The molecule has 1 saturated heterocycles. The van der Waals surface area contributed by atoms with Crippen molar-refractivity contribution in [3.05, 3.63) is 42.0 Å². The summed E-state index contributed by atoms with van der Waals surface area (Å²) in [5, 5.41) is 2.79. The second-order valence-electron chi connectivity index (χ2n) is 6.85. The molecule has 27 heavy (non-hydrogen) atoms. The highest BCUT2D eigenvalue weighted by molar-refractivity contribution is 7.89. The van der Waals surface area contributed by atoms with Crippen molar-refractivity contribution in [3.63, 3.8) is 0 Å². The molecule has 0 saturated carbocycles. The third-order valence-corrected chi connectivity index (χ3v) is 6.71. The molecule has 0 aromatic heterocycles. The zero-order valence-corrected chi connectivity index (χ0v) is 16.0. The second kappa shape index (κ2) is 6.54. The topological polar surface area (TPSA) is 79.0 Å². The van der Waals surface area contributed by atoms with Crippen LogP contribution in [0.5, 0.6) is 11.5 Å². The number of nitrogens with zero attached hydrogens (tertiary/aromatic N) is 2. The molecular weight excluding hydrogens is 366 g/mol. The van der Waals surface area contributed by atoms with Gasteiger partial charge in [0.2, 0.25) is 10.0 Å². The minimum absolute atomic E-state index is 0.123. The zero-order valence-electron chi connectivity index (χ0n) is 15.2. The molecule has 2 aromatic carbocycles. The van der Waals surface area contributed by atoms with E-state index < -0.39 is 15.9 Å². The van der Waals surface area contributed by atoms with Crippen molar-refractivity contribution in [1.29, 1.82) is 0 Å². The van der Waals surface area contributed by atoms with Crippen molar-refractivity contribution < 1.29 is 17.9 Å².